The number of hydrogen-bond donors (Lipinski definition) is 1. The first-order valence-electron chi connectivity index (χ1n) is 6.44. The molecular weight excluding hydrogens is 292 g/mol. The summed E-state index contributed by atoms with van der Waals surface area (Å²) in [4.78, 5) is 0. The molecule has 0 saturated carbocycles. The molecular formula is C14H19BrN2O. The molecule has 1 heterocycles. The molecule has 2 aromatic rings. The lowest BCUT2D eigenvalue weighted by Gasteiger charge is -2.14. The Kier molecular flexibility index (Phi) is 4.40. The Hall–Kier alpha value is -0.870. The fourth-order valence-electron chi connectivity index (χ4n) is 2.33. The van der Waals surface area contributed by atoms with Gasteiger partial charge in [0.25, 0.3) is 0 Å². The van der Waals surface area contributed by atoms with Crippen LogP contribution in [0.5, 0.6) is 0 Å². The van der Waals surface area contributed by atoms with Crippen LogP contribution in [0.15, 0.2) is 22.8 Å². The van der Waals surface area contributed by atoms with E-state index in [1.54, 1.807) is 0 Å². The number of aliphatic hydroxyl groups excluding tert-OH is 1. The van der Waals surface area contributed by atoms with Gasteiger partial charge in [0, 0.05) is 22.0 Å². The molecule has 0 amide bonds. The van der Waals surface area contributed by atoms with Gasteiger partial charge in [0.15, 0.2) is 0 Å². The van der Waals surface area contributed by atoms with Crippen LogP contribution in [-0.4, -0.2) is 14.9 Å². The summed E-state index contributed by atoms with van der Waals surface area (Å²) in [6, 6.07) is 4.01. The summed E-state index contributed by atoms with van der Waals surface area (Å²) in [6.07, 6.45) is 4.19. The number of halogens is 1. The maximum atomic E-state index is 9.49. The van der Waals surface area contributed by atoms with E-state index in [4.69, 9.17) is 0 Å². The van der Waals surface area contributed by atoms with Crippen molar-refractivity contribution >= 4 is 26.8 Å². The van der Waals surface area contributed by atoms with Crippen molar-refractivity contribution in [3.05, 3.63) is 28.4 Å². The average Bonchev–Trinajstić information content (AvgIpc) is 2.77. The summed E-state index contributed by atoms with van der Waals surface area (Å²) in [6.45, 7) is 5.39. The number of fused-ring (bicyclic) bond motifs is 1. The maximum absolute atomic E-state index is 9.49. The van der Waals surface area contributed by atoms with Crippen molar-refractivity contribution in [3.8, 4) is 0 Å². The molecule has 0 unspecified atom stereocenters. The quantitative estimate of drug-likeness (QED) is 0.914. The van der Waals surface area contributed by atoms with Gasteiger partial charge in [-0.2, -0.15) is 5.10 Å². The third-order valence-corrected chi connectivity index (χ3v) is 3.99. The largest absolute Gasteiger partial charge is 0.392 e. The van der Waals surface area contributed by atoms with E-state index in [-0.39, 0.29) is 6.61 Å². The fraction of sp³-hybridized carbons (Fsp3) is 0.500. The first-order valence-corrected chi connectivity index (χ1v) is 7.23. The highest BCUT2D eigenvalue weighted by atomic mass is 79.9. The van der Waals surface area contributed by atoms with Crippen LogP contribution in [0, 0.1) is 5.92 Å². The predicted molar refractivity (Wildman–Crippen MR) is 77.4 cm³/mol. The maximum Gasteiger partial charge on any atom is 0.0738 e. The first kappa shape index (κ1) is 13.6. The van der Waals surface area contributed by atoms with Gasteiger partial charge in [-0.05, 0) is 18.1 Å². The second-order valence-corrected chi connectivity index (χ2v) is 5.59. The first-order chi connectivity index (χ1) is 8.69. The Labute approximate surface area is 116 Å². The minimum atomic E-state index is 0.0462. The molecule has 1 aromatic carbocycles. The molecule has 1 N–H and O–H groups in total. The van der Waals surface area contributed by atoms with Gasteiger partial charge in [-0.3, -0.25) is 4.68 Å². The molecule has 4 heteroatoms. The van der Waals surface area contributed by atoms with Gasteiger partial charge in [-0.1, -0.05) is 42.6 Å². The van der Waals surface area contributed by atoms with E-state index in [1.165, 1.54) is 0 Å². The lowest BCUT2D eigenvalue weighted by atomic mass is 10.0. The van der Waals surface area contributed by atoms with Crippen LogP contribution in [0.3, 0.4) is 0 Å². The van der Waals surface area contributed by atoms with Crippen LogP contribution in [-0.2, 0) is 13.2 Å². The predicted octanol–water partition coefficient (Wildman–Crippen LogP) is 3.73. The number of rotatable bonds is 5. The van der Waals surface area contributed by atoms with Crippen molar-refractivity contribution in [2.75, 3.05) is 0 Å². The van der Waals surface area contributed by atoms with E-state index in [9.17, 15) is 5.11 Å². The second kappa shape index (κ2) is 5.85. The molecule has 1 aromatic heterocycles. The summed E-state index contributed by atoms with van der Waals surface area (Å²) in [5.41, 5.74) is 2.00. The Morgan fingerprint density at radius 2 is 2.06 bits per heavy atom. The van der Waals surface area contributed by atoms with Gasteiger partial charge >= 0.3 is 0 Å². The summed E-state index contributed by atoms with van der Waals surface area (Å²) < 4.78 is 3.02. The highest BCUT2D eigenvalue weighted by Gasteiger charge is 2.12. The Bertz CT molecular complexity index is 532. The summed E-state index contributed by atoms with van der Waals surface area (Å²) in [5, 5.41) is 15.0. The van der Waals surface area contributed by atoms with Crippen molar-refractivity contribution in [1.29, 1.82) is 0 Å². The normalized spacial score (nSPS) is 11.6. The molecule has 0 saturated heterocycles. The topological polar surface area (TPSA) is 38.0 Å². The number of aromatic nitrogens is 2. The molecule has 0 aliphatic rings. The lowest BCUT2D eigenvalue weighted by molar-refractivity contribution is 0.282. The Balaban J connectivity index is 2.45. The van der Waals surface area contributed by atoms with Crippen molar-refractivity contribution in [2.24, 2.45) is 5.92 Å². The number of nitrogens with zero attached hydrogens (tertiary/aromatic N) is 2. The molecule has 2 rings (SSSR count). The van der Waals surface area contributed by atoms with Crippen LogP contribution in [0.1, 0.15) is 32.3 Å². The fourth-order valence-corrected chi connectivity index (χ4v) is 2.85. The molecule has 0 aliphatic heterocycles. The molecule has 0 spiro atoms. The molecule has 0 fully saturated rings. The van der Waals surface area contributed by atoms with Crippen LogP contribution in [0.25, 0.3) is 10.9 Å². The van der Waals surface area contributed by atoms with Crippen molar-refractivity contribution in [1.82, 2.24) is 9.78 Å². The molecule has 0 aliphatic carbocycles. The highest BCUT2D eigenvalue weighted by molar-refractivity contribution is 9.10. The number of benzene rings is 1. The van der Waals surface area contributed by atoms with Gasteiger partial charge in [0.1, 0.15) is 0 Å². The summed E-state index contributed by atoms with van der Waals surface area (Å²) >= 11 is 3.46. The van der Waals surface area contributed by atoms with Crippen LogP contribution in [0.2, 0.25) is 0 Å². The minimum absolute atomic E-state index is 0.0462. The van der Waals surface area contributed by atoms with Crippen LogP contribution in [0.4, 0.5) is 0 Å². The average molecular weight is 311 g/mol. The molecule has 98 valence electrons. The molecule has 0 atom stereocenters. The van der Waals surface area contributed by atoms with Crippen LogP contribution >= 0.6 is 15.9 Å². The van der Waals surface area contributed by atoms with E-state index in [0.29, 0.717) is 5.92 Å². The summed E-state index contributed by atoms with van der Waals surface area (Å²) in [7, 11) is 0. The molecule has 0 bridgehead atoms. The van der Waals surface area contributed by atoms with Gasteiger partial charge in [-0.25, -0.2) is 0 Å². The Morgan fingerprint density at radius 3 is 2.67 bits per heavy atom. The van der Waals surface area contributed by atoms with E-state index >= 15 is 0 Å². The van der Waals surface area contributed by atoms with Gasteiger partial charge in [-0.15, -0.1) is 0 Å². The zero-order chi connectivity index (χ0) is 13.1. The van der Waals surface area contributed by atoms with E-state index in [0.717, 1.165) is 40.3 Å². The number of hydrogen-bond acceptors (Lipinski definition) is 2. The van der Waals surface area contributed by atoms with Gasteiger partial charge in [0.2, 0.25) is 0 Å². The van der Waals surface area contributed by atoms with E-state index in [1.807, 2.05) is 23.0 Å². The molecule has 18 heavy (non-hydrogen) atoms. The second-order valence-electron chi connectivity index (χ2n) is 4.67. The zero-order valence-electron chi connectivity index (χ0n) is 10.9. The third kappa shape index (κ3) is 2.59. The van der Waals surface area contributed by atoms with Crippen molar-refractivity contribution in [2.45, 2.75) is 39.8 Å². The molecule has 0 radical (unpaired) electrons. The monoisotopic (exact) mass is 310 g/mol. The summed E-state index contributed by atoms with van der Waals surface area (Å²) in [5.74, 6) is 0.642. The van der Waals surface area contributed by atoms with Gasteiger partial charge < -0.3 is 5.11 Å². The standard InChI is InChI=1S/C14H19BrN2O/c1-3-10(4-2)8-17-14-11(7-16-17)5-13(15)6-12(14)9-18/h5-7,10,18H,3-4,8-9H2,1-2H3. The van der Waals surface area contributed by atoms with Crippen molar-refractivity contribution in [3.63, 3.8) is 0 Å². The van der Waals surface area contributed by atoms with Crippen molar-refractivity contribution < 1.29 is 5.11 Å². The minimum Gasteiger partial charge on any atom is -0.392 e. The zero-order valence-corrected chi connectivity index (χ0v) is 12.4. The Morgan fingerprint density at radius 1 is 1.33 bits per heavy atom. The highest BCUT2D eigenvalue weighted by Crippen LogP contribution is 2.25. The third-order valence-electron chi connectivity index (χ3n) is 3.53. The molecule has 3 nitrogen and oxygen atoms in total. The van der Waals surface area contributed by atoms with Gasteiger partial charge in [0.05, 0.1) is 18.3 Å². The SMILES string of the molecule is CCC(CC)Cn1ncc2cc(Br)cc(CO)c21. The van der Waals surface area contributed by atoms with Crippen LogP contribution < -0.4 is 0 Å². The smallest absolute Gasteiger partial charge is 0.0738 e. The number of aliphatic hydroxyl groups is 1. The van der Waals surface area contributed by atoms with E-state index in [2.05, 4.69) is 34.9 Å². The lowest BCUT2D eigenvalue weighted by Crippen LogP contribution is -2.11. The van der Waals surface area contributed by atoms with E-state index < -0.39 is 0 Å².